The number of para-hydroxylation sites is 1. The molecule has 1 nitrogen and oxygen atoms in total. The summed E-state index contributed by atoms with van der Waals surface area (Å²) in [6.07, 6.45) is 0. The van der Waals surface area contributed by atoms with Gasteiger partial charge in [-0.1, -0.05) is 23.7 Å². The van der Waals surface area contributed by atoms with Crippen molar-refractivity contribution in [3.05, 3.63) is 24.3 Å². The molecule has 0 aliphatic rings. The molecule has 1 aromatic carbocycles. The molecule has 1 rings (SSSR count). The highest BCUT2D eigenvalue weighted by Crippen LogP contribution is 2.42. The molecular formula is C8H7ClF3NS. The van der Waals surface area contributed by atoms with Crippen molar-refractivity contribution in [1.82, 2.24) is 0 Å². The van der Waals surface area contributed by atoms with Gasteiger partial charge >= 0.3 is 5.25 Å². The summed E-state index contributed by atoms with van der Waals surface area (Å²) in [4.78, 5) is 0.112. The van der Waals surface area contributed by atoms with Gasteiger partial charge in [-0.3, -0.25) is 0 Å². The Bertz CT molecular complexity index is 319. The zero-order valence-corrected chi connectivity index (χ0v) is 8.46. The number of thioether (sulfide) groups is 1. The average molecular weight is 242 g/mol. The average Bonchev–Trinajstić information content (AvgIpc) is 2.08. The Balaban J connectivity index is 2.84. The van der Waals surface area contributed by atoms with E-state index in [1.165, 1.54) is 18.2 Å². The third kappa shape index (κ3) is 2.72. The molecule has 14 heavy (non-hydrogen) atoms. The van der Waals surface area contributed by atoms with E-state index in [2.05, 4.69) is 0 Å². The number of benzene rings is 1. The summed E-state index contributed by atoms with van der Waals surface area (Å²) in [5.41, 5.74) is 2.85. The maximum absolute atomic E-state index is 12.8. The summed E-state index contributed by atoms with van der Waals surface area (Å²) in [6.45, 7) is 0. The second kappa shape index (κ2) is 4.31. The van der Waals surface area contributed by atoms with Crippen LogP contribution in [0.1, 0.15) is 0 Å². The molecule has 1 unspecified atom stereocenters. The zero-order chi connectivity index (χ0) is 10.8. The Morgan fingerprint density at radius 2 is 1.93 bits per heavy atom. The van der Waals surface area contributed by atoms with Crippen LogP contribution in [0, 0.1) is 0 Å². The van der Waals surface area contributed by atoms with Gasteiger partial charge < -0.3 is 5.73 Å². The van der Waals surface area contributed by atoms with Gasteiger partial charge in [0.05, 0.1) is 0 Å². The second-order valence-electron chi connectivity index (χ2n) is 2.50. The van der Waals surface area contributed by atoms with Gasteiger partial charge in [0.1, 0.15) is 0 Å². The maximum Gasteiger partial charge on any atom is 0.342 e. The van der Waals surface area contributed by atoms with Crippen LogP contribution in [0.3, 0.4) is 0 Å². The van der Waals surface area contributed by atoms with Gasteiger partial charge in [0.15, 0.2) is 0 Å². The summed E-state index contributed by atoms with van der Waals surface area (Å²) in [6, 6.07) is 5.98. The normalized spacial score (nSPS) is 14.0. The third-order valence-electron chi connectivity index (χ3n) is 1.42. The molecule has 78 valence electrons. The molecule has 0 bridgehead atoms. The minimum absolute atomic E-state index is 0.0153. The standard InChI is InChI=1S/C8H7ClF3NS/c9-7(10)8(11,12)14-6-4-2-1-3-5(6)13/h1-4,7H,13H2. The maximum atomic E-state index is 12.8. The monoisotopic (exact) mass is 241 g/mol. The molecule has 0 fully saturated rings. The smallest absolute Gasteiger partial charge is 0.342 e. The van der Waals surface area contributed by atoms with E-state index in [0.29, 0.717) is 0 Å². The quantitative estimate of drug-likeness (QED) is 0.498. The predicted octanol–water partition coefficient (Wildman–Crippen LogP) is 3.49. The Kier molecular flexibility index (Phi) is 3.55. The van der Waals surface area contributed by atoms with Crippen LogP contribution >= 0.6 is 23.4 Å². The number of anilines is 1. The van der Waals surface area contributed by atoms with Gasteiger partial charge in [-0.05, 0) is 23.9 Å². The molecule has 0 spiro atoms. The van der Waals surface area contributed by atoms with Crippen molar-refractivity contribution in [3.8, 4) is 0 Å². The first-order chi connectivity index (χ1) is 6.43. The first-order valence-electron chi connectivity index (χ1n) is 3.63. The third-order valence-corrected chi connectivity index (χ3v) is 2.89. The van der Waals surface area contributed by atoms with Crippen LogP contribution in [0.15, 0.2) is 29.2 Å². The van der Waals surface area contributed by atoms with Crippen LogP contribution in [-0.4, -0.2) is 10.9 Å². The highest BCUT2D eigenvalue weighted by molar-refractivity contribution is 8.00. The lowest BCUT2D eigenvalue weighted by Gasteiger charge is -2.16. The number of hydrogen-bond donors (Lipinski definition) is 1. The molecule has 0 aliphatic heterocycles. The van der Waals surface area contributed by atoms with E-state index in [9.17, 15) is 13.2 Å². The minimum atomic E-state index is -3.67. The number of rotatable bonds is 3. The molecule has 1 atom stereocenters. The van der Waals surface area contributed by atoms with Crippen molar-refractivity contribution in [2.75, 3.05) is 5.73 Å². The van der Waals surface area contributed by atoms with Crippen molar-refractivity contribution < 1.29 is 13.2 Å². The molecule has 0 aliphatic carbocycles. The fourth-order valence-electron chi connectivity index (χ4n) is 0.765. The van der Waals surface area contributed by atoms with E-state index >= 15 is 0 Å². The van der Waals surface area contributed by atoms with E-state index in [1.807, 2.05) is 0 Å². The summed E-state index contributed by atoms with van der Waals surface area (Å²) < 4.78 is 37.9. The van der Waals surface area contributed by atoms with E-state index in [1.54, 1.807) is 6.07 Å². The second-order valence-corrected chi connectivity index (χ2v) is 4.07. The lowest BCUT2D eigenvalue weighted by Crippen LogP contribution is -2.20. The molecule has 6 heteroatoms. The van der Waals surface area contributed by atoms with Gasteiger partial charge in [-0.15, -0.1) is 0 Å². The van der Waals surface area contributed by atoms with Crippen molar-refractivity contribution in [2.24, 2.45) is 0 Å². The largest absolute Gasteiger partial charge is 0.398 e. The van der Waals surface area contributed by atoms with E-state index in [0.717, 1.165) is 0 Å². The molecule has 0 radical (unpaired) electrons. The first kappa shape index (κ1) is 11.5. The fourth-order valence-corrected chi connectivity index (χ4v) is 1.61. The summed E-state index contributed by atoms with van der Waals surface area (Å²) in [5, 5.41) is -3.67. The number of halogens is 4. The van der Waals surface area contributed by atoms with Crippen LogP contribution in [0.2, 0.25) is 0 Å². The fraction of sp³-hybridized carbons (Fsp3) is 0.250. The van der Waals surface area contributed by atoms with Crippen LogP contribution in [0.5, 0.6) is 0 Å². The molecular weight excluding hydrogens is 235 g/mol. The molecule has 0 amide bonds. The van der Waals surface area contributed by atoms with Gasteiger partial charge in [0.25, 0.3) is 0 Å². The number of hydrogen-bond acceptors (Lipinski definition) is 2. The van der Waals surface area contributed by atoms with Crippen LogP contribution in [-0.2, 0) is 0 Å². The van der Waals surface area contributed by atoms with Crippen LogP contribution < -0.4 is 5.73 Å². The predicted molar refractivity (Wildman–Crippen MR) is 52.4 cm³/mol. The summed E-state index contributed by atoms with van der Waals surface area (Å²) in [5.74, 6) is 0. The Labute approximate surface area is 88.4 Å². The minimum Gasteiger partial charge on any atom is -0.398 e. The molecule has 0 heterocycles. The molecule has 2 N–H and O–H groups in total. The van der Waals surface area contributed by atoms with E-state index in [4.69, 9.17) is 17.3 Å². The van der Waals surface area contributed by atoms with Crippen molar-refractivity contribution in [1.29, 1.82) is 0 Å². The van der Waals surface area contributed by atoms with Gasteiger partial charge in [0, 0.05) is 10.6 Å². The van der Waals surface area contributed by atoms with Crippen molar-refractivity contribution in [3.63, 3.8) is 0 Å². The SMILES string of the molecule is Nc1ccccc1SC(F)(F)C(F)Cl. The number of alkyl halides is 4. The Morgan fingerprint density at radius 3 is 2.43 bits per heavy atom. The van der Waals surface area contributed by atoms with E-state index in [-0.39, 0.29) is 22.3 Å². The van der Waals surface area contributed by atoms with Gasteiger partial charge in [0.2, 0.25) is 5.63 Å². The Hall–Kier alpha value is -0.550. The Morgan fingerprint density at radius 1 is 1.36 bits per heavy atom. The highest BCUT2D eigenvalue weighted by Gasteiger charge is 2.40. The summed E-state index contributed by atoms with van der Waals surface area (Å²) in [7, 11) is 0. The lowest BCUT2D eigenvalue weighted by atomic mass is 10.3. The van der Waals surface area contributed by atoms with E-state index < -0.39 is 10.9 Å². The zero-order valence-electron chi connectivity index (χ0n) is 6.88. The first-order valence-corrected chi connectivity index (χ1v) is 4.88. The molecule has 0 saturated heterocycles. The molecule has 0 aromatic heterocycles. The van der Waals surface area contributed by atoms with Crippen LogP contribution in [0.25, 0.3) is 0 Å². The van der Waals surface area contributed by atoms with Gasteiger partial charge in [-0.2, -0.15) is 8.78 Å². The number of nitrogen functional groups attached to an aromatic ring is 1. The summed E-state index contributed by atoms with van der Waals surface area (Å²) >= 11 is 4.71. The topological polar surface area (TPSA) is 26.0 Å². The molecule has 0 saturated carbocycles. The molecule has 1 aromatic rings. The highest BCUT2D eigenvalue weighted by atomic mass is 35.5. The van der Waals surface area contributed by atoms with Gasteiger partial charge in [-0.25, -0.2) is 4.39 Å². The van der Waals surface area contributed by atoms with Crippen molar-refractivity contribution >= 4 is 29.1 Å². The van der Waals surface area contributed by atoms with Crippen molar-refractivity contribution in [2.45, 2.75) is 15.8 Å². The lowest BCUT2D eigenvalue weighted by molar-refractivity contribution is 0.0537. The number of nitrogens with two attached hydrogens (primary N) is 1. The van der Waals surface area contributed by atoms with Crippen LogP contribution in [0.4, 0.5) is 18.9 Å².